The summed E-state index contributed by atoms with van der Waals surface area (Å²) < 4.78 is 0. The first-order valence-electron chi connectivity index (χ1n) is 3.27. The highest BCUT2D eigenvalue weighted by Crippen LogP contribution is 1.97. The Labute approximate surface area is 64.8 Å². The molecule has 0 bridgehead atoms. The molecular formula is C8H8N2O. The van der Waals surface area contributed by atoms with Crippen molar-refractivity contribution >= 4 is 12.1 Å². The van der Waals surface area contributed by atoms with Gasteiger partial charge in [-0.2, -0.15) is 0 Å². The number of aliphatic imine (C=N–C) groups is 1. The first kappa shape index (κ1) is 7.60. The van der Waals surface area contributed by atoms with Crippen LogP contribution >= 0.6 is 0 Å². The average Bonchev–Trinajstić information content (AvgIpc) is 2.07. The van der Waals surface area contributed by atoms with Crippen LogP contribution in [0, 0.1) is 0 Å². The second-order valence-corrected chi connectivity index (χ2v) is 1.93. The van der Waals surface area contributed by atoms with Gasteiger partial charge in [-0.3, -0.25) is 9.78 Å². The van der Waals surface area contributed by atoms with Crippen LogP contribution in [0.2, 0.25) is 0 Å². The van der Waals surface area contributed by atoms with Crippen molar-refractivity contribution < 1.29 is 4.79 Å². The Balaban J connectivity index is 2.86. The molecule has 1 heterocycles. The number of nitrogens with zero attached hydrogens (tertiary/aromatic N) is 2. The third-order valence-electron chi connectivity index (χ3n) is 1.17. The van der Waals surface area contributed by atoms with Crippen molar-refractivity contribution in [1.82, 2.24) is 4.98 Å². The number of carbonyl (C=O) groups excluding carboxylic acids is 1. The summed E-state index contributed by atoms with van der Waals surface area (Å²) >= 11 is 0. The number of amides is 1. The molecule has 0 unspecified atom stereocenters. The van der Waals surface area contributed by atoms with E-state index in [9.17, 15) is 4.79 Å². The van der Waals surface area contributed by atoms with E-state index in [4.69, 9.17) is 0 Å². The fourth-order valence-corrected chi connectivity index (χ4v) is 0.686. The SMILES string of the molecule is C/C=N/C(=O)c1ccncc1. The van der Waals surface area contributed by atoms with Crippen LogP contribution in [-0.2, 0) is 0 Å². The highest BCUT2D eigenvalue weighted by atomic mass is 16.1. The van der Waals surface area contributed by atoms with Gasteiger partial charge >= 0.3 is 0 Å². The summed E-state index contributed by atoms with van der Waals surface area (Å²) in [6.07, 6.45) is 4.61. The fraction of sp³-hybridized carbons (Fsp3) is 0.125. The van der Waals surface area contributed by atoms with Gasteiger partial charge in [0.15, 0.2) is 0 Å². The van der Waals surface area contributed by atoms with E-state index in [1.165, 1.54) is 6.21 Å². The van der Waals surface area contributed by atoms with Crippen molar-refractivity contribution in [2.45, 2.75) is 6.92 Å². The molecular weight excluding hydrogens is 140 g/mol. The maximum absolute atomic E-state index is 11.0. The fourth-order valence-electron chi connectivity index (χ4n) is 0.686. The highest BCUT2D eigenvalue weighted by molar-refractivity contribution is 5.98. The maximum Gasteiger partial charge on any atom is 0.276 e. The summed E-state index contributed by atoms with van der Waals surface area (Å²) in [5.41, 5.74) is 0.568. The minimum atomic E-state index is -0.227. The van der Waals surface area contributed by atoms with Gasteiger partial charge in [0.05, 0.1) is 0 Å². The number of aromatic nitrogens is 1. The molecule has 1 aromatic heterocycles. The molecule has 0 N–H and O–H groups in total. The molecule has 0 saturated heterocycles. The third-order valence-corrected chi connectivity index (χ3v) is 1.17. The molecule has 0 atom stereocenters. The third kappa shape index (κ3) is 1.97. The van der Waals surface area contributed by atoms with Crippen LogP contribution in [0.15, 0.2) is 29.5 Å². The number of hydrogen-bond donors (Lipinski definition) is 0. The Bertz CT molecular complexity index is 267. The smallest absolute Gasteiger partial charge is 0.267 e. The van der Waals surface area contributed by atoms with E-state index in [2.05, 4.69) is 9.98 Å². The minimum absolute atomic E-state index is 0.227. The summed E-state index contributed by atoms with van der Waals surface area (Å²) in [6, 6.07) is 3.27. The first-order valence-corrected chi connectivity index (χ1v) is 3.27. The Hall–Kier alpha value is -1.51. The molecule has 0 aliphatic carbocycles. The topological polar surface area (TPSA) is 42.3 Å². The first-order chi connectivity index (χ1) is 5.34. The van der Waals surface area contributed by atoms with E-state index in [0.29, 0.717) is 5.56 Å². The molecule has 3 nitrogen and oxygen atoms in total. The molecule has 0 aliphatic heterocycles. The maximum atomic E-state index is 11.0. The number of carbonyl (C=O) groups is 1. The lowest BCUT2D eigenvalue weighted by molar-refractivity contribution is 0.100. The molecule has 11 heavy (non-hydrogen) atoms. The van der Waals surface area contributed by atoms with Gasteiger partial charge in [-0.25, -0.2) is 4.99 Å². The molecule has 1 amide bonds. The largest absolute Gasteiger partial charge is 0.276 e. The number of rotatable bonds is 1. The van der Waals surface area contributed by atoms with Crippen LogP contribution in [0.5, 0.6) is 0 Å². The van der Waals surface area contributed by atoms with E-state index in [1.54, 1.807) is 31.5 Å². The molecule has 0 saturated carbocycles. The van der Waals surface area contributed by atoms with Gasteiger partial charge in [0.2, 0.25) is 0 Å². The number of pyridine rings is 1. The molecule has 56 valence electrons. The summed E-state index contributed by atoms with van der Waals surface area (Å²) in [5.74, 6) is -0.227. The summed E-state index contributed by atoms with van der Waals surface area (Å²) in [5, 5.41) is 0. The van der Waals surface area contributed by atoms with Gasteiger partial charge in [-0.05, 0) is 19.1 Å². The summed E-state index contributed by atoms with van der Waals surface area (Å²) in [6.45, 7) is 1.71. The lowest BCUT2D eigenvalue weighted by atomic mass is 10.3. The molecule has 0 fully saturated rings. The Morgan fingerprint density at radius 3 is 2.73 bits per heavy atom. The van der Waals surface area contributed by atoms with E-state index >= 15 is 0 Å². The van der Waals surface area contributed by atoms with Gasteiger partial charge in [-0.1, -0.05) is 0 Å². The van der Waals surface area contributed by atoms with Gasteiger partial charge in [0, 0.05) is 24.2 Å². The van der Waals surface area contributed by atoms with Crippen molar-refractivity contribution in [2.24, 2.45) is 4.99 Å². The van der Waals surface area contributed by atoms with E-state index in [0.717, 1.165) is 0 Å². The van der Waals surface area contributed by atoms with Gasteiger partial charge in [0.1, 0.15) is 0 Å². The highest BCUT2D eigenvalue weighted by Gasteiger charge is 1.99. The molecule has 0 radical (unpaired) electrons. The zero-order chi connectivity index (χ0) is 8.10. The Morgan fingerprint density at radius 2 is 2.18 bits per heavy atom. The Kier molecular flexibility index (Phi) is 2.49. The van der Waals surface area contributed by atoms with Crippen LogP contribution in [-0.4, -0.2) is 17.1 Å². The zero-order valence-electron chi connectivity index (χ0n) is 6.19. The van der Waals surface area contributed by atoms with Crippen molar-refractivity contribution in [3.05, 3.63) is 30.1 Å². The minimum Gasteiger partial charge on any atom is -0.267 e. The van der Waals surface area contributed by atoms with Crippen molar-refractivity contribution in [3.8, 4) is 0 Å². The molecule has 0 aromatic carbocycles. The van der Waals surface area contributed by atoms with Crippen LogP contribution in [0.1, 0.15) is 17.3 Å². The molecule has 0 spiro atoms. The molecule has 0 aliphatic rings. The zero-order valence-corrected chi connectivity index (χ0v) is 6.19. The average molecular weight is 148 g/mol. The second kappa shape index (κ2) is 3.61. The molecule has 1 aromatic rings. The second-order valence-electron chi connectivity index (χ2n) is 1.93. The van der Waals surface area contributed by atoms with Gasteiger partial charge in [0.25, 0.3) is 5.91 Å². The molecule has 3 heteroatoms. The lowest BCUT2D eigenvalue weighted by Gasteiger charge is -1.90. The van der Waals surface area contributed by atoms with Crippen molar-refractivity contribution in [3.63, 3.8) is 0 Å². The van der Waals surface area contributed by atoms with Gasteiger partial charge in [-0.15, -0.1) is 0 Å². The number of hydrogen-bond acceptors (Lipinski definition) is 2. The van der Waals surface area contributed by atoms with Crippen LogP contribution in [0.3, 0.4) is 0 Å². The predicted molar refractivity (Wildman–Crippen MR) is 42.7 cm³/mol. The monoisotopic (exact) mass is 148 g/mol. The summed E-state index contributed by atoms with van der Waals surface area (Å²) in [7, 11) is 0. The van der Waals surface area contributed by atoms with E-state index < -0.39 is 0 Å². The normalized spacial score (nSPS) is 10.3. The van der Waals surface area contributed by atoms with E-state index in [-0.39, 0.29) is 5.91 Å². The lowest BCUT2D eigenvalue weighted by Crippen LogP contribution is -1.93. The Morgan fingerprint density at radius 1 is 1.55 bits per heavy atom. The summed E-state index contributed by atoms with van der Waals surface area (Å²) in [4.78, 5) is 18.4. The van der Waals surface area contributed by atoms with Crippen molar-refractivity contribution in [1.29, 1.82) is 0 Å². The van der Waals surface area contributed by atoms with Crippen LogP contribution < -0.4 is 0 Å². The standard InChI is InChI=1S/C8H8N2O/c1-2-10-8(11)7-3-5-9-6-4-7/h2-6H,1H3/b10-2+. The van der Waals surface area contributed by atoms with Gasteiger partial charge < -0.3 is 0 Å². The van der Waals surface area contributed by atoms with Crippen molar-refractivity contribution in [2.75, 3.05) is 0 Å². The van der Waals surface area contributed by atoms with E-state index in [1.807, 2.05) is 0 Å². The van der Waals surface area contributed by atoms with Crippen LogP contribution in [0.4, 0.5) is 0 Å². The van der Waals surface area contributed by atoms with Crippen LogP contribution in [0.25, 0.3) is 0 Å². The quantitative estimate of drug-likeness (QED) is 0.563. The molecule has 1 rings (SSSR count). The predicted octanol–water partition coefficient (Wildman–Crippen LogP) is 1.31.